The third-order valence-corrected chi connectivity index (χ3v) is 4.30. The molecule has 1 aliphatic heterocycles. The van der Waals surface area contributed by atoms with Gasteiger partial charge in [-0.2, -0.15) is 5.10 Å². The summed E-state index contributed by atoms with van der Waals surface area (Å²) in [6.45, 7) is -0.381. The molecule has 8 heteroatoms. The van der Waals surface area contributed by atoms with Crippen molar-refractivity contribution >= 4 is 23.4 Å². The second kappa shape index (κ2) is 6.92. The molecule has 8 nitrogen and oxygen atoms in total. The number of hydrogen-bond acceptors (Lipinski definition) is 5. The number of hydrogen-bond donors (Lipinski definition) is 2. The van der Waals surface area contributed by atoms with Gasteiger partial charge in [-0.05, 0) is 30.3 Å². The van der Waals surface area contributed by atoms with Crippen LogP contribution in [0.25, 0.3) is 11.3 Å². The van der Waals surface area contributed by atoms with E-state index in [0.717, 1.165) is 4.90 Å². The number of carbonyl (C=O) groups excluding carboxylic acids is 3. The van der Waals surface area contributed by atoms with Gasteiger partial charge in [0.1, 0.15) is 6.54 Å². The Labute approximate surface area is 158 Å². The van der Waals surface area contributed by atoms with Crippen molar-refractivity contribution in [3.63, 3.8) is 0 Å². The molecular weight excluding hydrogens is 360 g/mol. The Balaban J connectivity index is 1.48. The van der Waals surface area contributed by atoms with Crippen molar-refractivity contribution in [1.82, 2.24) is 15.1 Å². The molecule has 138 valence electrons. The highest BCUT2D eigenvalue weighted by Crippen LogP contribution is 2.23. The van der Waals surface area contributed by atoms with E-state index in [0.29, 0.717) is 28.1 Å². The largest absolute Gasteiger partial charge is 0.325 e. The maximum atomic E-state index is 12.4. The molecule has 3 aromatic rings. The molecule has 4 rings (SSSR count). The minimum atomic E-state index is -0.499. The first kappa shape index (κ1) is 17.3. The first-order valence-electron chi connectivity index (χ1n) is 8.44. The van der Waals surface area contributed by atoms with Crippen LogP contribution in [0.1, 0.15) is 20.7 Å². The maximum Gasteiger partial charge on any atom is 0.264 e. The standard InChI is InChI=1S/C20H14N4O4/c25-17-9-8-16(22-23-17)12-4-3-5-13(10-12)21-18(26)11-24-19(27)14-6-1-2-7-15(14)20(24)28/h1-10H,11H2,(H,21,26)(H,23,25). The topological polar surface area (TPSA) is 112 Å². The molecule has 2 heterocycles. The average Bonchev–Trinajstić information content (AvgIpc) is 2.94. The summed E-state index contributed by atoms with van der Waals surface area (Å²) in [6, 6.07) is 16.3. The van der Waals surface area contributed by atoms with Gasteiger partial charge in [0, 0.05) is 17.3 Å². The van der Waals surface area contributed by atoms with Crippen molar-refractivity contribution in [3.05, 3.63) is 82.1 Å². The fourth-order valence-corrected chi connectivity index (χ4v) is 2.99. The quantitative estimate of drug-likeness (QED) is 0.675. The normalized spacial score (nSPS) is 12.8. The highest BCUT2D eigenvalue weighted by atomic mass is 16.2. The van der Waals surface area contributed by atoms with Crippen LogP contribution in [0.15, 0.2) is 65.5 Å². The lowest BCUT2D eigenvalue weighted by Gasteiger charge is -2.14. The van der Waals surface area contributed by atoms with Crippen LogP contribution in [0, 0.1) is 0 Å². The minimum absolute atomic E-state index is 0.298. The Bertz CT molecular complexity index is 1110. The number of carbonyl (C=O) groups is 3. The molecule has 0 atom stereocenters. The zero-order chi connectivity index (χ0) is 19.7. The molecule has 0 saturated heterocycles. The van der Waals surface area contributed by atoms with Crippen molar-refractivity contribution in [1.29, 1.82) is 0 Å². The summed E-state index contributed by atoms with van der Waals surface area (Å²) >= 11 is 0. The molecule has 2 N–H and O–H groups in total. The van der Waals surface area contributed by atoms with Crippen LogP contribution >= 0.6 is 0 Å². The van der Waals surface area contributed by atoms with E-state index in [-0.39, 0.29) is 12.1 Å². The van der Waals surface area contributed by atoms with E-state index < -0.39 is 17.7 Å². The molecule has 0 fully saturated rings. The van der Waals surface area contributed by atoms with E-state index in [1.54, 1.807) is 54.6 Å². The second-order valence-electron chi connectivity index (χ2n) is 6.18. The maximum absolute atomic E-state index is 12.4. The Morgan fingerprint density at radius 2 is 1.64 bits per heavy atom. The number of fused-ring (bicyclic) bond motifs is 1. The van der Waals surface area contributed by atoms with Crippen molar-refractivity contribution in [2.75, 3.05) is 11.9 Å². The van der Waals surface area contributed by atoms with Crippen LogP contribution in [0.4, 0.5) is 5.69 Å². The summed E-state index contributed by atoms with van der Waals surface area (Å²) in [7, 11) is 0. The molecule has 0 unspecified atom stereocenters. The molecule has 1 aromatic heterocycles. The summed E-state index contributed by atoms with van der Waals surface area (Å²) < 4.78 is 0. The highest BCUT2D eigenvalue weighted by molar-refractivity contribution is 6.22. The number of H-pyrrole nitrogens is 1. The van der Waals surface area contributed by atoms with Gasteiger partial charge in [0.15, 0.2) is 0 Å². The monoisotopic (exact) mass is 374 g/mol. The fourth-order valence-electron chi connectivity index (χ4n) is 2.99. The SMILES string of the molecule is O=C(CN1C(=O)c2ccccc2C1=O)Nc1cccc(-c2ccc(=O)[nH]n2)c1. The first-order valence-corrected chi connectivity index (χ1v) is 8.44. The van der Waals surface area contributed by atoms with Gasteiger partial charge in [-0.3, -0.25) is 24.1 Å². The Morgan fingerprint density at radius 1 is 0.929 bits per heavy atom. The molecule has 0 radical (unpaired) electrons. The van der Waals surface area contributed by atoms with Crippen LogP contribution < -0.4 is 10.9 Å². The van der Waals surface area contributed by atoms with Crippen LogP contribution in [0.3, 0.4) is 0 Å². The van der Waals surface area contributed by atoms with Crippen molar-refractivity contribution in [2.24, 2.45) is 0 Å². The van der Waals surface area contributed by atoms with Gasteiger partial charge in [-0.1, -0.05) is 24.3 Å². The van der Waals surface area contributed by atoms with Gasteiger partial charge in [-0.25, -0.2) is 5.10 Å². The van der Waals surface area contributed by atoms with Gasteiger partial charge in [0.25, 0.3) is 17.4 Å². The molecule has 28 heavy (non-hydrogen) atoms. The number of rotatable bonds is 4. The highest BCUT2D eigenvalue weighted by Gasteiger charge is 2.36. The van der Waals surface area contributed by atoms with Crippen molar-refractivity contribution in [2.45, 2.75) is 0 Å². The average molecular weight is 374 g/mol. The van der Waals surface area contributed by atoms with Gasteiger partial charge < -0.3 is 5.32 Å². The van der Waals surface area contributed by atoms with Crippen LogP contribution in [0.5, 0.6) is 0 Å². The summed E-state index contributed by atoms with van der Waals surface area (Å²) in [5.41, 5.74) is 1.99. The van der Waals surface area contributed by atoms with Crippen LogP contribution in [-0.4, -0.2) is 39.4 Å². The summed E-state index contributed by atoms with van der Waals surface area (Å²) in [5.74, 6) is -1.47. The zero-order valence-electron chi connectivity index (χ0n) is 14.5. The lowest BCUT2D eigenvalue weighted by Crippen LogP contribution is -2.37. The van der Waals surface area contributed by atoms with Gasteiger partial charge in [0.2, 0.25) is 5.91 Å². The van der Waals surface area contributed by atoms with E-state index in [1.165, 1.54) is 6.07 Å². The van der Waals surface area contributed by atoms with E-state index >= 15 is 0 Å². The Hall–Kier alpha value is -4.07. The molecule has 0 spiro atoms. The Kier molecular flexibility index (Phi) is 4.29. The smallest absolute Gasteiger partial charge is 0.264 e. The molecule has 0 saturated carbocycles. The van der Waals surface area contributed by atoms with E-state index in [9.17, 15) is 19.2 Å². The van der Waals surface area contributed by atoms with E-state index in [2.05, 4.69) is 15.5 Å². The summed E-state index contributed by atoms with van der Waals surface area (Å²) in [4.78, 5) is 49.1. The number of nitrogens with one attached hydrogen (secondary N) is 2. The molecule has 2 aromatic carbocycles. The number of amides is 3. The fraction of sp³-hybridized carbons (Fsp3) is 0.0500. The molecular formula is C20H14N4O4. The van der Waals surface area contributed by atoms with Crippen molar-refractivity contribution in [3.8, 4) is 11.3 Å². The predicted molar refractivity (Wildman–Crippen MR) is 101 cm³/mol. The lowest BCUT2D eigenvalue weighted by atomic mass is 10.1. The van der Waals surface area contributed by atoms with E-state index in [4.69, 9.17) is 0 Å². The lowest BCUT2D eigenvalue weighted by molar-refractivity contribution is -0.116. The van der Waals surface area contributed by atoms with E-state index in [1.807, 2.05) is 0 Å². The first-order chi connectivity index (χ1) is 13.5. The molecule has 3 amide bonds. The summed E-state index contributed by atoms with van der Waals surface area (Å²) in [5, 5.41) is 8.97. The number of nitrogens with zero attached hydrogens (tertiary/aromatic N) is 2. The molecule has 0 aliphatic carbocycles. The number of benzene rings is 2. The minimum Gasteiger partial charge on any atom is -0.325 e. The number of aromatic nitrogens is 2. The molecule has 1 aliphatic rings. The van der Waals surface area contributed by atoms with Crippen LogP contribution in [0.2, 0.25) is 0 Å². The third kappa shape index (κ3) is 3.18. The predicted octanol–water partition coefficient (Wildman–Crippen LogP) is 1.67. The van der Waals surface area contributed by atoms with Crippen molar-refractivity contribution < 1.29 is 14.4 Å². The third-order valence-electron chi connectivity index (χ3n) is 4.30. The van der Waals surface area contributed by atoms with Crippen LogP contribution in [-0.2, 0) is 4.79 Å². The summed E-state index contributed by atoms with van der Waals surface area (Å²) in [6.07, 6.45) is 0. The van der Waals surface area contributed by atoms with Gasteiger partial charge in [-0.15, -0.1) is 0 Å². The zero-order valence-corrected chi connectivity index (χ0v) is 14.5. The number of imide groups is 1. The number of anilines is 1. The number of aromatic amines is 1. The second-order valence-corrected chi connectivity index (χ2v) is 6.18. The van der Waals surface area contributed by atoms with Gasteiger partial charge in [0.05, 0.1) is 16.8 Å². The Morgan fingerprint density at radius 3 is 2.29 bits per heavy atom. The molecule has 0 bridgehead atoms. The van der Waals surface area contributed by atoms with Gasteiger partial charge >= 0.3 is 0 Å².